The minimum Gasteiger partial charge on any atom is -0.391 e. The molecule has 0 saturated heterocycles. The van der Waals surface area contributed by atoms with Gasteiger partial charge in [-0.15, -0.1) is 0 Å². The summed E-state index contributed by atoms with van der Waals surface area (Å²) >= 11 is 5.74. The predicted molar refractivity (Wildman–Crippen MR) is 63.3 cm³/mol. The van der Waals surface area contributed by atoms with Crippen molar-refractivity contribution in [1.82, 2.24) is 4.98 Å². The van der Waals surface area contributed by atoms with E-state index < -0.39 is 6.10 Å². The van der Waals surface area contributed by atoms with E-state index in [1.54, 1.807) is 6.07 Å². The second-order valence-electron chi connectivity index (χ2n) is 3.87. The van der Waals surface area contributed by atoms with Crippen LogP contribution >= 0.6 is 11.6 Å². The van der Waals surface area contributed by atoms with E-state index in [1.165, 1.54) is 6.07 Å². The molecule has 1 atom stereocenters. The van der Waals surface area contributed by atoms with Gasteiger partial charge in [-0.1, -0.05) is 25.4 Å². The molecule has 16 heavy (non-hydrogen) atoms. The zero-order valence-electron chi connectivity index (χ0n) is 9.24. The van der Waals surface area contributed by atoms with Crippen LogP contribution in [0.4, 0.5) is 5.82 Å². The monoisotopic (exact) mass is 239 g/mol. The average Bonchev–Trinajstić information content (AvgIpc) is 2.24. The Morgan fingerprint density at radius 1 is 1.56 bits per heavy atom. The molecule has 0 radical (unpaired) electrons. The van der Waals surface area contributed by atoms with Crippen LogP contribution in [0.5, 0.6) is 0 Å². The number of hydrogen-bond donors (Lipinski definition) is 2. The van der Waals surface area contributed by atoms with Crippen LogP contribution in [0.1, 0.15) is 19.4 Å². The Hall–Kier alpha value is -1.31. The third-order valence-electron chi connectivity index (χ3n) is 2.19. The molecule has 0 saturated carbocycles. The summed E-state index contributed by atoms with van der Waals surface area (Å²) in [5, 5.41) is 21.5. The second kappa shape index (κ2) is 5.69. The van der Waals surface area contributed by atoms with E-state index in [0.29, 0.717) is 17.9 Å². The first-order chi connectivity index (χ1) is 7.52. The van der Waals surface area contributed by atoms with E-state index >= 15 is 0 Å². The Morgan fingerprint density at radius 3 is 2.81 bits per heavy atom. The summed E-state index contributed by atoms with van der Waals surface area (Å²) < 4.78 is 0. The molecule has 5 heteroatoms. The van der Waals surface area contributed by atoms with E-state index in [2.05, 4.69) is 10.3 Å². The molecule has 0 aliphatic rings. The quantitative estimate of drug-likeness (QED) is 0.789. The molecule has 0 aliphatic carbocycles. The van der Waals surface area contributed by atoms with Crippen molar-refractivity contribution in [3.05, 3.63) is 22.8 Å². The number of nitrogens with one attached hydrogen (secondary N) is 1. The summed E-state index contributed by atoms with van der Waals surface area (Å²) in [6.07, 6.45) is -0.452. The van der Waals surface area contributed by atoms with Crippen LogP contribution < -0.4 is 5.32 Å². The van der Waals surface area contributed by atoms with Gasteiger partial charge in [0.25, 0.3) is 0 Å². The maximum absolute atomic E-state index is 9.60. The molecule has 0 aromatic carbocycles. The van der Waals surface area contributed by atoms with Crippen LogP contribution in [-0.2, 0) is 0 Å². The lowest BCUT2D eigenvalue weighted by molar-refractivity contribution is 0.138. The Labute approximate surface area is 99.9 Å². The largest absolute Gasteiger partial charge is 0.391 e. The number of halogens is 1. The van der Waals surface area contributed by atoms with Crippen LogP contribution in [0, 0.1) is 17.2 Å². The van der Waals surface area contributed by atoms with Gasteiger partial charge in [0.1, 0.15) is 11.0 Å². The molecule has 1 aromatic heterocycles. The number of hydrogen-bond acceptors (Lipinski definition) is 4. The second-order valence-corrected chi connectivity index (χ2v) is 4.26. The molecule has 0 aliphatic heterocycles. The van der Waals surface area contributed by atoms with E-state index in [4.69, 9.17) is 16.9 Å². The normalized spacial score (nSPS) is 12.2. The maximum Gasteiger partial charge on any atom is 0.132 e. The highest BCUT2D eigenvalue weighted by molar-refractivity contribution is 6.29. The number of nitrogens with zero attached hydrogens (tertiary/aromatic N) is 2. The Bertz CT molecular complexity index is 401. The van der Waals surface area contributed by atoms with Crippen molar-refractivity contribution in [2.45, 2.75) is 20.0 Å². The molecule has 0 amide bonds. The summed E-state index contributed by atoms with van der Waals surface area (Å²) in [5.41, 5.74) is 0.446. The van der Waals surface area contributed by atoms with Crippen LogP contribution in [0.2, 0.25) is 5.15 Å². The van der Waals surface area contributed by atoms with Crippen LogP contribution in [0.15, 0.2) is 12.1 Å². The van der Waals surface area contributed by atoms with Crippen LogP contribution in [0.25, 0.3) is 0 Å². The number of aromatic nitrogens is 1. The molecule has 1 unspecified atom stereocenters. The number of rotatable bonds is 4. The summed E-state index contributed by atoms with van der Waals surface area (Å²) in [6.45, 7) is 4.24. The Balaban J connectivity index is 2.68. The topological polar surface area (TPSA) is 68.9 Å². The predicted octanol–water partition coefficient (Wildman–Crippen LogP) is 2.04. The first-order valence-corrected chi connectivity index (χ1v) is 5.40. The SMILES string of the molecule is CC(C)C(O)CNc1cc(C#N)cc(Cl)n1. The van der Waals surface area contributed by atoms with Crippen molar-refractivity contribution in [2.24, 2.45) is 5.92 Å². The first kappa shape index (κ1) is 12.8. The number of nitriles is 1. The zero-order chi connectivity index (χ0) is 12.1. The lowest BCUT2D eigenvalue weighted by atomic mass is 10.1. The fourth-order valence-electron chi connectivity index (χ4n) is 1.10. The first-order valence-electron chi connectivity index (χ1n) is 5.02. The van der Waals surface area contributed by atoms with Gasteiger partial charge < -0.3 is 10.4 Å². The van der Waals surface area contributed by atoms with Gasteiger partial charge >= 0.3 is 0 Å². The van der Waals surface area contributed by atoms with Crippen molar-refractivity contribution >= 4 is 17.4 Å². The minimum absolute atomic E-state index is 0.169. The molecule has 1 heterocycles. The van der Waals surface area contributed by atoms with E-state index in [9.17, 15) is 5.11 Å². The number of anilines is 1. The van der Waals surface area contributed by atoms with Crippen molar-refractivity contribution < 1.29 is 5.11 Å². The highest BCUT2D eigenvalue weighted by atomic mass is 35.5. The van der Waals surface area contributed by atoms with E-state index in [1.807, 2.05) is 19.9 Å². The van der Waals surface area contributed by atoms with Crippen molar-refractivity contribution in [3.63, 3.8) is 0 Å². The Kier molecular flexibility index (Phi) is 4.53. The molecule has 1 aromatic rings. The lowest BCUT2D eigenvalue weighted by Gasteiger charge is -2.15. The number of pyridine rings is 1. The molecule has 86 valence electrons. The molecule has 2 N–H and O–H groups in total. The zero-order valence-corrected chi connectivity index (χ0v) is 9.99. The molecular weight excluding hydrogens is 226 g/mol. The smallest absolute Gasteiger partial charge is 0.132 e. The summed E-state index contributed by atoms with van der Waals surface area (Å²) in [5.74, 6) is 0.672. The average molecular weight is 240 g/mol. The molecule has 0 spiro atoms. The highest BCUT2D eigenvalue weighted by Crippen LogP contribution is 2.14. The van der Waals surface area contributed by atoms with Gasteiger partial charge in [0.05, 0.1) is 17.7 Å². The fraction of sp³-hybridized carbons (Fsp3) is 0.455. The van der Waals surface area contributed by atoms with Crippen LogP contribution in [-0.4, -0.2) is 22.7 Å². The molecule has 1 rings (SSSR count). The summed E-state index contributed by atoms with van der Waals surface area (Å²) in [6, 6.07) is 5.08. The van der Waals surface area contributed by atoms with Crippen molar-refractivity contribution in [2.75, 3.05) is 11.9 Å². The molecule has 4 nitrogen and oxygen atoms in total. The van der Waals surface area contributed by atoms with Crippen molar-refractivity contribution in [1.29, 1.82) is 5.26 Å². The third-order valence-corrected chi connectivity index (χ3v) is 2.38. The lowest BCUT2D eigenvalue weighted by Crippen LogP contribution is -2.25. The van der Waals surface area contributed by atoms with Crippen LogP contribution in [0.3, 0.4) is 0 Å². The van der Waals surface area contributed by atoms with Gasteiger partial charge in [0, 0.05) is 6.54 Å². The van der Waals surface area contributed by atoms with Gasteiger partial charge in [-0.05, 0) is 18.1 Å². The van der Waals surface area contributed by atoms with Gasteiger partial charge in [-0.2, -0.15) is 5.26 Å². The van der Waals surface area contributed by atoms with Crippen molar-refractivity contribution in [3.8, 4) is 6.07 Å². The third kappa shape index (κ3) is 3.69. The fourth-order valence-corrected chi connectivity index (χ4v) is 1.31. The summed E-state index contributed by atoms with van der Waals surface area (Å²) in [7, 11) is 0. The Morgan fingerprint density at radius 2 is 2.25 bits per heavy atom. The molecule has 0 fully saturated rings. The van der Waals surface area contributed by atoms with E-state index in [-0.39, 0.29) is 11.1 Å². The summed E-state index contributed by atoms with van der Waals surface area (Å²) in [4.78, 5) is 4.01. The highest BCUT2D eigenvalue weighted by Gasteiger charge is 2.09. The maximum atomic E-state index is 9.60. The standard InChI is InChI=1S/C11H14ClN3O/c1-7(2)9(16)6-14-11-4-8(5-13)3-10(12)15-11/h3-4,7,9,16H,6H2,1-2H3,(H,14,15). The van der Waals surface area contributed by atoms with Gasteiger partial charge in [-0.3, -0.25) is 0 Å². The van der Waals surface area contributed by atoms with Gasteiger partial charge in [0.2, 0.25) is 0 Å². The molecular formula is C11H14ClN3O. The number of aliphatic hydroxyl groups excluding tert-OH is 1. The van der Waals surface area contributed by atoms with Gasteiger partial charge in [0.15, 0.2) is 0 Å². The number of aliphatic hydroxyl groups is 1. The van der Waals surface area contributed by atoms with E-state index in [0.717, 1.165) is 0 Å². The minimum atomic E-state index is -0.452. The molecule has 0 bridgehead atoms. The van der Waals surface area contributed by atoms with Gasteiger partial charge in [-0.25, -0.2) is 4.98 Å².